The second kappa shape index (κ2) is 6.57. The molecule has 0 bridgehead atoms. The molecule has 3 saturated heterocycles. The highest BCUT2D eigenvalue weighted by atomic mass is 16.5. The lowest BCUT2D eigenvalue weighted by Crippen LogP contribution is -2.36. The van der Waals surface area contributed by atoms with Gasteiger partial charge >= 0.3 is 0 Å². The Hall–Kier alpha value is -1.10. The first-order chi connectivity index (χ1) is 10.5. The minimum absolute atomic E-state index is 0.186. The Bertz CT molecular complexity index is 438. The fourth-order valence-corrected chi connectivity index (χ4v) is 3.94. The maximum atomic E-state index is 12.3. The normalized spacial score (nSPS) is 31.4. The number of hydrogen-bond acceptors (Lipinski definition) is 3. The smallest absolute Gasteiger partial charge is 0.222 e. The van der Waals surface area contributed by atoms with E-state index in [0.717, 1.165) is 45.6 Å². The molecule has 124 valence electrons. The van der Waals surface area contributed by atoms with Crippen molar-refractivity contribution in [3.63, 3.8) is 0 Å². The molecule has 3 rings (SSSR count). The van der Waals surface area contributed by atoms with Crippen LogP contribution in [0.1, 0.15) is 39.5 Å². The van der Waals surface area contributed by atoms with E-state index in [1.54, 1.807) is 0 Å². The Kier molecular flexibility index (Phi) is 4.71. The maximum absolute atomic E-state index is 12.3. The molecule has 22 heavy (non-hydrogen) atoms. The fourth-order valence-electron chi connectivity index (χ4n) is 3.94. The van der Waals surface area contributed by atoms with Gasteiger partial charge in [-0.15, -0.1) is 0 Å². The molecule has 0 aromatic rings. The van der Waals surface area contributed by atoms with E-state index in [1.807, 2.05) is 9.80 Å². The molecule has 0 aromatic carbocycles. The molecule has 0 radical (unpaired) electrons. The number of hydrogen-bond donors (Lipinski definition) is 0. The molecule has 0 aliphatic carbocycles. The van der Waals surface area contributed by atoms with E-state index in [9.17, 15) is 9.59 Å². The van der Waals surface area contributed by atoms with Crippen LogP contribution in [0, 0.1) is 17.8 Å². The van der Waals surface area contributed by atoms with Crippen molar-refractivity contribution in [1.29, 1.82) is 0 Å². The van der Waals surface area contributed by atoms with Gasteiger partial charge in [0.2, 0.25) is 11.8 Å². The number of nitrogens with zero attached hydrogens (tertiary/aromatic N) is 2. The zero-order valence-electron chi connectivity index (χ0n) is 13.8. The predicted molar refractivity (Wildman–Crippen MR) is 83.2 cm³/mol. The minimum Gasteiger partial charge on any atom is -0.376 e. The lowest BCUT2D eigenvalue weighted by Gasteiger charge is -2.24. The fraction of sp³-hybridized carbons (Fsp3) is 0.882. The van der Waals surface area contributed by atoms with E-state index in [4.69, 9.17) is 4.74 Å². The molecule has 0 unspecified atom stereocenters. The summed E-state index contributed by atoms with van der Waals surface area (Å²) in [5.74, 6) is 1.93. The third-order valence-corrected chi connectivity index (χ3v) is 5.35. The molecule has 3 aliphatic heterocycles. The van der Waals surface area contributed by atoms with Crippen molar-refractivity contribution >= 4 is 11.8 Å². The van der Waals surface area contributed by atoms with Crippen LogP contribution < -0.4 is 0 Å². The summed E-state index contributed by atoms with van der Waals surface area (Å²) in [5, 5.41) is 0. The Morgan fingerprint density at radius 3 is 2.86 bits per heavy atom. The Labute approximate surface area is 133 Å². The highest BCUT2D eigenvalue weighted by Crippen LogP contribution is 2.35. The van der Waals surface area contributed by atoms with Gasteiger partial charge in [0.1, 0.15) is 0 Å². The molecule has 0 spiro atoms. The van der Waals surface area contributed by atoms with Gasteiger partial charge in [-0.3, -0.25) is 9.59 Å². The van der Waals surface area contributed by atoms with Gasteiger partial charge in [-0.25, -0.2) is 0 Å². The first-order valence-corrected chi connectivity index (χ1v) is 8.71. The van der Waals surface area contributed by atoms with Gasteiger partial charge < -0.3 is 14.5 Å². The van der Waals surface area contributed by atoms with Gasteiger partial charge in [0.05, 0.1) is 12.7 Å². The van der Waals surface area contributed by atoms with Crippen LogP contribution in [0.3, 0.4) is 0 Å². The third kappa shape index (κ3) is 3.29. The number of ether oxygens (including phenoxy) is 1. The molecule has 3 atom stereocenters. The van der Waals surface area contributed by atoms with Crippen molar-refractivity contribution in [3.05, 3.63) is 0 Å². The lowest BCUT2D eigenvalue weighted by atomic mass is 9.93. The molecular weight excluding hydrogens is 280 g/mol. The van der Waals surface area contributed by atoms with E-state index in [2.05, 4.69) is 13.8 Å². The van der Waals surface area contributed by atoms with Crippen molar-refractivity contribution in [3.8, 4) is 0 Å². The standard InChI is InChI=1S/C17H28N2O3/c1-12(2)5-6-17(21)19-9-14-13(11-22-15(14)10-19)8-18-7-3-4-16(18)20/h12-15H,3-11H2,1-2H3/t13-,14-,15-/m1/s1. The van der Waals surface area contributed by atoms with E-state index < -0.39 is 0 Å². The summed E-state index contributed by atoms with van der Waals surface area (Å²) in [6, 6.07) is 0. The van der Waals surface area contributed by atoms with Crippen LogP contribution in [-0.4, -0.2) is 60.5 Å². The Morgan fingerprint density at radius 1 is 1.36 bits per heavy atom. The highest BCUT2D eigenvalue weighted by molar-refractivity contribution is 5.78. The topological polar surface area (TPSA) is 49.9 Å². The van der Waals surface area contributed by atoms with Crippen LogP contribution in [-0.2, 0) is 14.3 Å². The van der Waals surface area contributed by atoms with Crippen LogP contribution in [0.2, 0.25) is 0 Å². The van der Waals surface area contributed by atoms with Gasteiger partial charge in [-0.2, -0.15) is 0 Å². The molecule has 5 nitrogen and oxygen atoms in total. The Morgan fingerprint density at radius 2 is 2.18 bits per heavy atom. The maximum Gasteiger partial charge on any atom is 0.222 e. The SMILES string of the molecule is CC(C)CCC(=O)N1C[C@@H]2[C@H](CN3CCCC3=O)CO[C@@H]2C1. The predicted octanol–water partition coefficient (Wildman–Crippen LogP) is 1.52. The monoisotopic (exact) mass is 308 g/mol. The van der Waals surface area contributed by atoms with Crippen LogP contribution in [0.15, 0.2) is 0 Å². The molecule has 0 aromatic heterocycles. The summed E-state index contributed by atoms with van der Waals surface area (Å²) in [7, 11) is 0. The van der Waals surface area contributed by atoms with E-state index >= 15 is 0 Å². The summed E-state index contributed by atoms with van der Waals surface area (Å²) >= 11 is 0. The summed E-state index contributed by atoms with van der Waals surface area (Å²) in [6.07, 6.45) is 3.47. The molecule has 3 aliphatic rings. The number of fused-ring (bicyclic) bond motifs is 1. The van der Waals surface area contributed by atoms with E-state index in [1.165, 1.54) is 0 Å². The van der Waals surface area contributed by atoms with Crippen molar-refractivity contribution in [1.82, 2.24) is 9.80 Å². The first-order valence-electron chi connectivity index (χ1n) is 8.71. The summed E-state index contributed by atoms with van der Waals surface area (Å²) in [4.78, 5) is 28.1. The number of carbonyl (C=O) groups is 2. The van der Waals surface area contributed by atoms with Gasteiger partial charge in [0.25, 0.3) is 0 Å². The number of likely N-dealkylation sites (tertiary alicyclic amines) is 2. The van der Waals surface area contributed by atoms with Crippen LogP contribution in [0.4, 0.5) is 0 Å². The summed E-state index contributed by atoms with van der Waals surface area (Å²) in [6.45, 7) is 8.31. The molecule has 2 amide bonds. The van der Waals surface area contributed by atoms with Crippen molar-refractivity contribution in [2.24, 2.45) is 17.8 Å². The average Bonchev–Trinajstić information content (AvgIpc) is 3.14. The minimum atomic E-state index is 0.186. The summed E-state index contributed by atoms with van der Waals surface area (Å²) < 4.78 is 5.91. The quantitative estimate of drug-likeness (QED) is 0.774. The Balaban J connectivity index is 1.52. The summed E-state index contributed by atoms with van der Waals surface area (Å²) in [5.41, 5.74) is 0. The molecular formula is C17H28N2O3. The number of carbonyl (C=O) groups excluding carboxylic acids is 2. The molecule has 0 N–H and O–H groups in total. The second-order valence-corrected chi connectivity index (χ2v) is 7.47. The van der Waals surface area contributed by atoms with Crippen LogP contribution in [0.5, 0.6) is 0 Å². The largest absolute Gasteiger partial charge is 0.376 e. The second-order valence-electron chi connectivity index (χ2n) is 7.47. The van der Waals surface area contributed by atoms with Crippen LogP contribution >= 0.6 is 0 Å². The average molecular weight is 308 g/mol. The van der Waals surface area contributed by atoms with E-state index in [-0.39, 0.29) is 17.9 Å². The van der Waals surface area contributed by atoms with Gasteiger partial charge in [0.15, 0.2) is 0 Å². The number of rotatable bonds is 5. The van der Waals surface area contributed by atoms with Crippen molar-refractivity contribution < 1.29 is 14.3 Å². The third-order valence-electron chi connectivity index (χ3n) is 5.35. The molecule has 3 fully saturated rings. The lowest BCUT2D eigenvalue weighted by molar-refractivity contribution is -0.132. The van der Waals surface area contributed by atoms with E-state index in [0.29, 0.717) is 30.6 Å². The number of amides is 2. The molecule has 0 saturated carbocycles. The molecule has 3 heterocycles. The van der Waals surface area contributed by atoms with Crippen molar-refractivity contribution in [2.75, 3.05) is 32.8 Å². The molecule has 5 heteroatoms. The highest BCUT2D eigenvalue weighted by Gasteiger charge is 2.45. The van der Waals surface area contributed by atoms with Gasteiger partial charge in [-0.05, 0) is 18.8 Å². The first kappa shape index (κ1) is 15.8. The van der Waals surface area contributed by atoms with Gasteiger partial charge in [-0.1, -0.05) is 13.8 Å². The zero-order chi connectivity index (χ0) is 15.7. The van der Waals surface area contributed by atoms with Crippen LogP contribution in [0.25, 0.3) is 0 Å². The van der Waals surface area contributed by atoms with Gasteiger partial charge in [0, 0.05) is 50.9 Å². The zero-order valence-corrected chi connectivity index (χ0v) is 13.8. The van der Waals surface area contributed by atoms with Crippen molar-refractivity contribution in [2.45, 2.75) is 45.6 Å².